The van der Waals surface area contributed by atoms with Crippen LogP contribution in [0.2, 0.25) is 0 Å². The van der Waals surface area contributed by atoms with E-state index in [-0.39, 0.29) is 0 Å². The SMILES string of the molecule is C=CCCCC/C=C1/CCCC(N)C1. The predicted molar refractivity (Wildman–Crippen MR) is 63.2 cm³/mol. The van der Waals surface area contributed by atoms with E-state index in [1.54, 1.807) is 5.57 Å². The third kappa shape index (κ3) is 4.61. The van der Waals surface area contributed by atoms with Gasteiger partial charge in [-0.05, 0) is 51.4 Å². The number of unbranched alkanes of at least 4 members (excludes halogenated alkanes) is 3. The molecule has 1 rings (SSSR count). The van der Waals surface area contributed by atoms with Gasteiger partial charge in [0.05, 0.1) is 0 Å². The summed E-state index contributed by atoms with van der Waals surface area (Å²) in [7, 11) is 0. The monoisotopic (exact) mass is 193 g/mol. The normalized spacial score (nSPS) is 25.2. The van der Waals surface area contributed by atoms with Crippen molar-refractivity contribution in [1.29, 1.82) is 0 Å². The molecule has 0 spiro atoms. The molecule has 0 aliphatic heterocycles. The molecule has 0 aromatic carbocycles. The molecule has 0 heterocycles. The summed E-state index contributed by atoms with van der Waals surface area (Å²) in [4.78, 5) is 0. The minimum atomic E-state index is 0.433. The second kappa shape index (κ2) is 6.83. The molecule has 1 saturated carbocycles. The highest BCUT2D eigenvalue weighted by molar-refractivity contribution is 5.06. The van der Waals surface area contributed by atoms with Crippen molar-refractivity contribution in [1.82, 2.24) is 0 Å². The highest BCUT2D eigenvalue weighted by Gasteiger charge is 2.11. The fraction of sp³-hybridized carbons (Fsp3) is 0.692. The van der Waals surface area contributed by atoms with Crippen LogP contribution >= 0.6 is 0 Å². The van der Waals surface area contributed by atoms with Gasteiger partial charge in [-0.3, -0.25) is 0 Å². The third-order valence-electron chi connectivity index (χ3n) is 2.89. The van der Waals surface area contributed by atoms with Gasteiger partial charge in [0.1, 0.15) is 0 Å². The van der Waals surface area contributed by atoms with Crippen molar-refractivity contribution in [3.8, 4) is 0 Å². The molecule has 0 aromatic rings. The van der Waals surface area contributed by atoms with Crippen LogP contribution in [-0.4, -0.2) is 6.04 Å². The zero-order chi connectivity index (χ0) is 10.2. The topological polar surface area (TPSA) is 26.0 Å². The van der Waals surface area contributed by atoms with E-state index < -0.39 is 0 Å². The highest BCUT2D eigenvalue weighted by atomic mass is 14.6. The van der Waals surface area contributed by atoms with E-state index in [1.807, 2.05) is 6.08 Å². The fourth-order valence-electron chi connectivity index (χ4n) is 2.06. The summed E-state index contributed by atoms with van der Waals surface area (Å²) >= 11 is 0. The number of nitrogens with two attached hydrogens (primary N) is 1. The standard InChI is InChI=1S/C13H23N/c1-2-3-4-5-6-8-12-9-7-10-13(14)11-12/h2,8,13H,1,3-7,9-11,14H2/b12-8-. The highest BCUT2D eigenvalue weighted by Crippen LogP contribution is 2.22. The lowest BCUT2D eigenvalue weighted by Crippen LogP contribution is -2.23. The molecule has 1 nitrogen and oxygen atoms in total. The molecule has 0 aromatic heterocycles. The van der Waals surface area contributed by atoms with Gasteiger partial charge in [-0.15, -0.1) is 6.58 Å². The first-order valence-corrected chi connectivity index (χ1v) is 5.87. The van der Waals surface area contributed by atoms with Gasteiger partial charge in [0, 0.05) is 6.04 Å². The number of rotatable bonds is 5. The molecule has 0 amide bonds. The maximum atomic E-state index is 5.92. The Morgan fingerprint density at radius 2 is 2.14 bits per heavy atom. The van der Waals surface area contributed by atoms with Gasteiger partial charge in [0.15, 0.2) is 0 Å². The fourth-order valence-corrected chi connectivity index (χ4v) is 2.06. The van der Waals surface area contributed by atoms with Gasteiger partial charge < -0.3 is 5.73 Å². The molecule has 0 radical (unpaired) electrons. The summed E-state index contributed by atoms with van der Waals surface area (Å²) < 4.78 is 0. The zero-order valence-electron chi connectivity index (χ0n) is 9.17. The minimum absolute atomic E-state index is 0.433. The molecular weight excluding hydrogens is 170 g/mol. The van der Waals surface area contributed by atoms with Crippen LogP contribution in [0.15, 0.2) is 24.3 Å². The van der Waals surface area contributed by atoms with Crippen LogP contribution in [0.25, 0.3) is 0 Å². The van der Waals surface area contributed by atoms with E-state index in [4.69, 9.17) is 5.73 Å². The maximum absolute atomic E-state index is 5.92. The molecule has 14 heavy (non-hydrogen) atoms. The lowest BCUT2D eigenvalue weighted by atomic mass is 9.90. The van der Waals surface area contributed by atoms with Crippen molar-refractivity contribution in [2.45, 2.75) is 57.4 Å². The lowest BCUT2D eigenvalue weighted by Gasteiger charge is -2.20. The van der Waals surface area contributed by atoms with Crippen molar-refractivity contribution in [3.63, 3.8) is 0 Å². The molecule has 2 N–H and O–H groups in total. The average molecular weight is 193 g/mol. The third-order valence-corrected chi connectivity index (χ3v) is 2.89. The number of hydrogen-bond donors (Lipinski definition) is 1. The minimum Gasteiger partial charge on any atom is -0.327 e. The van der Waals surface area contributed by atoms with Crippen LogP contribution in [0.4, 0.5) is 0 Å². The Bertz CT molecular complexity index is 193. The predicted octanol–water partition coefficient (Wildman–Crippen LogP) is 3.56. The molecule has 1 unspecified atom stereocenters. The number of hydrogen-bond acceptors (Lipinski definition) is 1. The Morgan fingerprint density at radius 1 is 1.36 bits per heavy atom. The first-order chi connectivity index (χ1) is 6.83. The van der Waals surface area contributed by atoms with Gasteiger partial charge in [-0.1, -0.05) is 17.7 Å². The van der Waals surface area contributed by atoms with Gasteiger partial charge in [-0.25, -0.2) is 0 Å². The van der Waals surface area contributed by atoms with Crippen molar-refractivity contribution in [3.05, 3.63) is 24.3 Å². The summed E-state index contributed by atoms with van der Waals surface area (Å²) in [5.74, 6) is 0. The molecule has 1 heteroatoms. The van der Waals surface area contributed by atoms with Gasteiger partial charge in [-0.2, -0.15) is 0 Å². The molecule has 1 aliphatic rings. The molecule has 0 bridgehead atoms. The second-order valence-electron chi connectivity index (χ2n) is 4.29. The summed E-state index contributed by atoms with van der Waals surface area (Å²) in [5, 5.41) is 0. The zero-order valence-corrected chi connectivity index (χ0v) is 9.17. The van der Waals surface area contributed by atoms with Crippen LogP contribution < -0.4 is 5.73 Å². The van der Waals surface area contributed by atoms with Gasteiger partial charge in [0.25, 0.3) is 0 Å². The molecule has 80 valence electrons. The molecule has 1 atom stereocenters. The van der Waals surface area contributed by atoms with E-state index in [9.17, 15) is 0 Å². The lowest BCUT2D eigenvalue weighted by molar-refractivity contribution is 0.515. The van der Waals surface area contributed by atoms with Gasteiger partial charge >= 0.3 is 0 Å². The molecular formula is C13H23N. The summed E-state index contributed by atoms with van der Waals surface area (Å²) in [6, 6.07) is 0.433. The van der Waals surface area contributed by atoms with Crippen LogP contribution in [-0.2, 0) is 0 Å². The van der Waals surface area contributed by atoms with E-state index in [1.165, 1.54) is 38.5 Å². The maximum Gasteiger partial charge on any atom is 0.00761 e. The Morgan fingerprint density at radius 3 is 2.86 bits per heavy atom. The van der Waals surface area contributed by atoms with Crippen LogP contribution in [0, 0.1) is 0 Å². The van der Waals surface area contributed by atoms with E-state index in [0.29, 0.717) is 6.04 Å². The van der Waals surface area contributed by atoms with E-state index in [0.717, 1.165) is 12.8 Å². The average Bonchev–Trinajstić information content (AvgIpc) is 2.18. The number of allylic oxidation sites excluding steroid dienone is 2. The summed E-state index contributed by atoms with van der Waals surface area (Å²) in [5.41, 5.74) is 7.52. The van der Waals surface area contributed by atoms with Crippen molar-refractivity contribution >= 4 is 0 Å². The van der Waals surface area contributed by atoms with Crippen LogP contribution in [0.5, 0.6) is 0 Å². The van der Waals surface area contributed by atoms with E-state index >= 15 is 0 Å². The van der Waals surface area contributed by atoms with Crippen LogP contribution in [0.1, 0.15) is 51.4 Å². The summed E-state index contributed by atoms with van der Waals surface area (Å²) in [6.07, 6.45) is 14.3. The van der Waals surface area contributed by atoms with Crippen LogP contribution in [0.3, 0.4) is 0 Å². The first kappa shape index (κ1) is 11.5. The first-order valence-electron chi connectivity index (χ1n) is 5.87. The van der Waals surface area contributed by atoms with Gasteiger partial charge in [0.2, 0.25) is 0 Å². The Hall–Kier alpha value is -0.560. The van der Waals surface area contributed by atoms with E-state index in [2.05, 4.69) is 12.7 Å². The Balaban J connectivity index is 2.13. The Labute approximate surface area is 88.1 Å². The second-order valence-corrected chi connectivity index (χ2v) is 4.29. The Kier molecular flexibility index (Phi) is 5.62. The largest absolute Gasteiger partial charge is 0.327 e. The van der Waals surface area contributed by atoms with Crippen molar-refractivity contribution in [2.75, 3.05) is 0 Å². The quantitative estimate of drug-likeness (QED) is 0.524. The smallest absolute Gasteiger partial charge is 0.00761 e. The molecule has 1 fully saturated rings. The van der Waals surface area contributed by atoms with Crippen molar-refractivity contribution in [2.24, 2.45) is 5.73 Å². The summed E-state index contributed by atoms with van der Waals surface area (Å²) in [6.45, 7) is 3.73. The molecule has 1 aliphatic carbocycles. The van der Waals surface area contributed by atoms with Crippen molar-refractivity contribution < 1.29 is 0 Å². The molecule has 0 saturated heterocycles.